The monoisotopic (exact) mass is 488 g/mol. The summed E-state index contributed by atoms with van der Waals surface area (Å²) < 4.78 is 38.2. The highest BCUT2D eigenvalue weighted by molar-refractivity contribution is 7.92. The van der Waals surface area contributed by atoms with Crippen molar-refractivity contribution in [3.05, 3.63) is 77.3 Å². The Hall–Kier alpha value is -3.69. The summed E-state index contributed by atoms with van der Waals surface area (Å²) in [5, 5.41) is 12.8. The van der Waals surface area contributed by atoms with Crippen LogP contribution < -0.4 is 19.5 Å². The van der Waals surface area contributed by atoms with Crippen LogP contribution in [0.5, 0.6) is 17.2 Å². The predicted molar refractivity (Wildman–Crippen MR) is 128 cm³/mol. The number of phenolic OH excluding ortho intramolecular Hbond substituents is 1. The highest BCUT2D eigenvalue weighted by Crippen LogP contribution is 2.30. The summed E-state index contributed by atoms with van der Waals surface area (Å²) >= 11 is 6.02. The molecule has 172 valence electrons. The highest BCUT2D eigenvalue weighted by atomic mass is 35.5. The molecule has 0 aliphatic carbocycles. The minimum atomic E-state index is -4.02. The first-order valence-electron chi connectivity index (χ1n) is 9.55. The van der Waals surface area contributed by atoms with Gasteiger partial charge < -0.3 is 19.9 Å². The van der Waals surface area contributed by atoms with Gasteiger partial charge in [0.2, 0.25) is 5.91 Å². The number of carbonyl (C=O) groups excluding carboxylic acids is 1. The molecular formula is C23H21ClN2O6S. The first-order valence-corrected chi connectivity index (χ1v) is 11.4. The third-order valence-corrected chi connectivity index (χ3v) is 6.18. The second-order valence-electron chi connectivity index (χ2n) is 6.70. The molecule has 1 amide bonds. The highest BCUT2D eigenvalue weighted by Gasteiger charge is 2.18. The molecule has 0 bridgehead atoms. The van der Waals surface area contributed by atoms with Gasteiger partial charge in [-0.25, -0.2) is 8.42 Å². The number of amides is 1. The Morgan fingerprint density at radius 2 is 1.70 bits per heavy atom. The molecule has 0 unspecified atom stereocenters. The van der Waals surface area contributed by atoms with Crippen LogP contribution in [0.1, 0.15) is 5.56 Å². The van der Waals surface area contributed by atoms with Gasteiger partial charge in [-0.15, -0.1) is 0 Å². The van der Waals surface area contributed by atoms with Crippen LogP contribution in [0.15, 0.2) is 71.6 Å². The van der Waals surface area contributed by atoms with Gasteiger partial charge in [-0.3, -0.25) is 9.52 Å². The summed E-state index contributed by atoms with van der Waals surface area (Å²) in [7, 11) is -0.999. The average molecular weight is 489 g/mol. The Morgan fingerprint density at radius 3 is 2.39 bits per heavy atom. The summed E-state index contributed by atoms with van der Waals surface area (Å²) in [4.78, 5) is 12.2. The van der Waals surface area contributed by atoms with Gasteiger partial charge in [0.05, 0.1) is 35.5 Å². The van der Waals surface area contributed by atoms with Gasteiger partial charge in [0.1, 0.15) is 5.75 Å². The lowest BCUT2D eigenvalue weighted by atomic mass is 10.2. The van der Waals surface area contributed by atoms with Crippen molar-refractivity contribution in [3.63, 3.8) is 0 Å². The molecule has 0 aromatic heterocycles. The summed E-state index contributed by atoms with van der Waals surface area (Å²) in [5.74, 6) is 0.183. The van der Waals surface area contributed by atoms with Gasteiger partial charge in [0.25, 0.3) is 10.0 Å². The molecule has 0 fully saturated rings. The van der Waals surface area contributed by atoms with E-state index < -0.39 is 15.9 Å². The Bertz CT molecular complexity index is 1310. The molecule has 0 radical (unpaired) electrons. The van der Waals surface area contributed by atoms with Crippen molar-refractivity contribution in [1.29, 1.82) is 0 Å². The predicted octanol–water partition coefficient (Wildman–Crippen LogP) is 4.52. The van der Waals surface area contributed by atoms with Gasteiger partial charge in [0, 0.05) is 6.08 Å². The van der Waals surface area contributed by atoms with E-state index in [4.69, 9.17) is 21.1 Å². The van der Waals surface area contributed by atoms with Crippen molar-refractivity contribution in [2.75, 3.05) is 24.3 Å². The minimum absolute atomic E-state index is 0.0704. The molecule has 8 nitrogen and oxygen atoms in total. The zero-order valence-electron chi connectivity index (χ0n) is 17.7. The lowest BCUT2D eigenvalue weighted by molar-refractivity contribution is -0.111. The van der Waals surface area contributed by atoms with Crippen LogP contribution in [-0.2, 0) is 14.8 Å². The number of carbonyl (C=O) groups is 1. The number of phenols is 1. The molecule has 10 heteroatoms. The van der Waals surface area contributed by atoms with Crippen LogP contribution in [0.2, 0.25) is 5.02 Å². The molecule has 0 heterocycles. The van der Waals surface area contributed by atoms with E-state index in [-0.39, 0.29) is 27.0 Å². The van der Waals surface area contributed by atoms with E-state index >= 15 is 0 Å². The molecule has 0 atom stereocenters. The zero-order chi connectivity index (χ0) is 24.0. The van der Waals surface area contributed by atoms with Crippen LogP contribution in [0, 0.1) is 0 Å². The first kappa shape index (κ1) is 24.0. The number of hydrogen-bond acceptors (Lipinski definition) is 6. The standard InChI is InChI=1S/C23H21ClN2O6S/c1-31-21-11-7-15(13-22(21)32-2)8-12-23(28)25-19-14-16(9-10-20(19)27)33(29,30)26-18-6-4-3-5-17(18)24/h3-14,26-27H,1-2H3,(H,25,28)/b12-8+. The van der Waals surface area contributed by atoms with Crippen molar-refractivity contribution in [2.45, 2.75) is 4.90 Å². The number of aromatic hydroxyl groups is 1. The molecule has 3 aromatic rings. The lowest BCUT2D eigenvalue weighted by Crippen LogP contribution is -2.14. The van der Waals surface area contributed by atoms with E-state index in [1.807, 2.05) is 0 Å². The fourth-order valence-electron chi connectivity index (χ4n) is 2.83. The van der Waals surface area contributed by atoms with Crippen LogP contribution in [0.25, 0.3) is 6.08 Å². The molecule has 3 N–H and O–H groups in total. The van der Waals surface area contributed by atoms with E-state index in [2.05, 4.69) is 10.0 Å². The van der Waals surface area contributed by atoms with E-state index in [1.165, 1.54) is 44.6 Å². The normalized spacial score (nSPS) is 11.2. The van der Waals surface area contributed by atoms with Gasteiger partial charge in [-0.2, -0.15) is 0 Å². The molecule has 0 aliphatic heterocycles. The van der Waals surface area contributed by atoms with E-state index in [0.717, 1.165) is 6.07 Å². The summed E-state index contributed by atoms with van der Waals surface area (Å²) in [6.07, 6.45) is 2.78. The number of para-hydroxylation sites is 1. The number of methoxy groups -OCH3 is 2. The number of hydrogen-bond donors (Lipinski definition) is 3. The summed E-state index contributed by atoms with van der Waals surface area (Å²) in [5.41, 5.74) is 0.807. The number of halogens is 1. The van der Waals surface area contributed by atoms with Crippen LogP contribution in [0.3, 0.4) is 0 Å². The number of benzene rings is 3. The van der Waals surface area contributed by atoms with Crippen molar-refractivity contribution in [1.82, 2.24) is 0 Å². The quantitative estimate of drug-likeness (QED) is 0.317. The zero-order valence-corrected chi connectivity index (χ0v) is 19.3. The van der Waals surface area contributed by atoms with Crippen molar-refractivity contribution < 1.29 is 27.8 Å². The van der Waals surface area contributed by atoms with Gasteiger partial charge in [0.15, 0.2) is 11.5 Å². The molecule has 0 saturated heterocycles. The van der Waals surface area contributed by atoms with Gasteiger partial charge in [-0.1, -0.05) is 29.8 Å². The summed E-state index contributed by atoms with van der Waals surface area (Å²) in [6, 6.07) is 15.0. The maximum absolute atomic E-state index is 12.7. The first-order chi connectivity index (χ1) is 15.7. The Balaban J connectivity index is 1.77. The molecule has 3 rings (SSSR count). The minimum Gasteiger partial charge on any atom is -0.506 e. The SMILES string of the molecule is COc1ccc(/C=C/C(=O)Nc2cc(S(=O)(=O)Nc3ccccc3Cl)ccc2O)cc1OC. The van der Waals surface area contributed by atoms with Crippen molar-refractivity contribution in [2.24, 2.45) is 0 Å². The molecule has 3 aromatic carbocycles. The number of anilines is 2. The number of sulfonamides is 1. The second-order valence-corrected chi connectivity index (χ2v) is 8.79. The third kappa shape index (κ3) is 5.97. The van der Waals surface area contributed by atoms with Crippen LogP contribution >= 0.6 is 11.6 Å². The fourth-order valence-corrected chi connectivity index (χ4v) is 4.18. The topological polar surface area (TPSA) is 114 Å². The summed E-state index contributed by atoms with van der Waals surface area (Å²) in [6.45, 7) is 0. The number of nitrogens with one attached hydrogen (secondary N) is 2. The largest absolute Gasteiger partial charge is 0.506 e. The average Bonchev–Trinajstić information content (AvgIpc) is 2.80. The Morgan fingerprint density at radius 1 is 0.970 bits per heavy atom. The molecule has 0 spiro atoms. The number of ether oxygens (including phenoxy) is 2. The van der Waals surface area contributed by atoms with E-state index in [9.17, 15) is 18.3 Å². The smallest absolute Gasteiger partial charge is 0.262 e. The van der Waals surface area contributed by atoms with Crippen LogP contribution in [0.4, 0.5) is 11.4 Å². The maximum Gasteiger partial charge on any atom is 0.262 e. The molecule has 0 saturated carbocycles. The third-order valence-electron chi connectivity index (χ3n) is 4.49. The van der Waals surface area contributed by atoms with Crippen LogP contribution in [-0.4, -0.2) is 33.7 Å². The lowest BCUT2D eigenvalue weighted by Gasteiger charge is -2.12. The number of rotatable bonds is 8. The molecule has 33 heavy (non-hydrogen) atoms. The van der Waals surface area contributed by atoms with Crippen molar-refractivity contribution >= 4 is 45.0 Å². The maximum atomic E-state index is 12.7. The Kier molecular flexibility index (Phi) is 7.47. The second kappa shape index (κ2) is 10.3. The van der Waals surface area contributed by atoms with E-state index in [0.29, 0.717) is 17.1 Å². The van der Waals surface area contributed by atoms with Crippen molar-refractivity contribution in [3.8, 4) is 17.2 Å². The van der Waals surface area contributed by atoms with E-state index in [1.54, 1.807) is 36.4 Å². The molecular weight excluding hydrogens is 468 g/mol. The Labute approximate surface area is 196 Å². The van der Waals surface area contributed by atoms with Gasteiger partial charge in [-0.05, 0) is 54.1 Å². The molecule has 0 aliphatic rings. The van der Waals surface area contributed by atoms with Gasteiger partial charge >= 0.3 is 0 Å². The fraction of sp³-hybridized carbons (Fsp3) is 0.0870.